The Morgan fingerprint density at radius 1 is 1.16 bits per heavy atom. The van der Waals surface area contributed by atoms with Gasteiger partial charge in [0.1, 0.15) is 11.9 Å². The lowest BCUT2D eigenvalue weighted by Crippen LogP contribution is -2.55. The van der Waals surface area contributed by atoms with Gasteiger partial charge in [0.25, 0.3) is 5.69 Å². The monoisotopic (exact) mass is 514 g/mol. The summed E-state index contributed by atoms with van der Waals surface area (Å²) in [7, 11) is 2.68. The minimum absolute atomic E-state index is 0.00611. The molecule has 3 aliphatic rings. The molecule has 0 aromatic heterocycles. The van der Waals surface area contributed by atoms with Gasteiger partial charge < -0.3 is 9.64 Å². The molecule has 0 bridgehead atoms. The van der Waals surface area contributed by atoms with Gasteiger partial charge in [-0.1, -0.05) is 18.2 Å². The number of para-hydroxylation sites is 1. The number of alkyl halides is 3. The number of nitrogens with zero attached hydrogens (tertiary/aromatic N) is 4. The zero-order chi connectivity index (χ0) is 26.9. The Kier molecular flexibility index (Phi) is 5.39. The number of halogens is 3. The third-order valence-corrected chi connectivity index (χ3v) is 7.29. The van der Waals surface area contributed by atoms with Gasteiger partial charge in [-0.05, 0) is 30.2 Å². The number of nitro benzene ring substituents is 1. The number of aliphatic imine (C=N–C) groups is 1. The molecule has 0 aliphatic carbocycles. The van der Waals surface area contributed by atoms with Crippen molar-refractivity contribution >= 4 is 34.8 Å². The van der Waals surface area contributed by atoms with Gasteiger partial charge in [0.2, 0.25) is 5.91 Å². The number of hydrogen-bond donors (Lipinski definition) is 0. The van der Waals surface area contributed by atoms with Crippen LogP contribution in [0.1, 0.15) is 24.5 Å². The highest BCUT2D eigenvalue weighted by Crippen LogP contribution is 2.60. The maximum Gasteiger partial charge on any atom is 0.416 e. The van der Waals surface area contributed by atoms with Gasteiger partial charge in [-0.25, -0.2) is 9.79 Å². The lowest BCUT2D eigenvalue weighted by molar-refractivity contribution is -0.384. The Hall–Kier alpha value is -4.22. The summed E-state index contributed by atoms with van der Waals surface area (Å²) in [6.07, 6.45) is -5.01. The molecule has 1 spiro atoms. The molecule has 5 rings (SSSR count). The first-order valence-electron chi connectivity index (χ1n) is 11.3. The number of carbonyl (C=O) groups is 2. The maximum atomic E-state index is 14.9. The van der Waals surface area contributed by atoms with E-state index in [-0.39, 0.29) is 23.5 Å². The summed E-state index contributed by atoms with van der Waals surface area (Å²) in [5.74, 6) is -1.33. The number of rotatable bonds is 3. The molecule has 3 heterocycles. The smallest absolute Gasteiger partial charge is 0.416 e. The zero-order valence-electron chi connectivity index (χ0n) is 19.9. The van der Waals surface area contributed by atoms with Crippen molar-refractivity contribution in [1.82, 2.24) is 4.90 Å². The second-order valence-corrected chi connectivity index (χ2v) is 9.13. The van der Waals surface area contributed by atoms with E-state index in [1.165, 1.54) is 31.0 Å². The standard InChI is InChI=1S/C25H21F3N4O5/c1-13(33)31-18(22(34)37-3)12-24-16-6-4-5-7-17(16)30(2)21(24)19(25(26,27)28)20(29-23(24)31)14-8-10-15(11-9-14)32(35)36/h4-11,18,21H,12H2,1-3H3/t18-,21-,24?/m0/s1. The van der Waals surface area contributed by atoms with E-state index in [9.17, 15) is 32.9 Å². The van der Waals surface area contributed by atoms with E-state index in [2.05, 4.69) is 4.99 Å². The van der Waals surface area contributed by atoms with Gasteiger partial charge in [0.15, 0.2) is 0 Å². The first kappa shape index (κ1) is 24.5. The summed E-state index contributed by atoms with van der Waals surface area (Å²) in [6, 6.07) is 8.80. The normalized spacial score (nSPS) is 24.3. The minimum atomic E-state index is -4.86. The van der Waals surface area contributed by atoms with Crippen molar-refractivity contribution in [2.45, 2.75) is 37.0 Å². The summed E-state index contributed by atoms with van der Waals surface area (Å²) in [5.41, 5.74) is -2.16. The van der Waals surface area contributed by atoms with Gasteiger partial charge >= 0.3 is 12.1 Å². The largest absolute Gasteiger partial charge is 0.467 e. The van der Waals surface area contributed by atoms with Crippen molar-refractivity contribution < 1.29 is 32.4 Å². The lowest BCUT2D eigenvalue weighted by Gasteiger charge is -2.41. The molecule has 3 atom stereocenters. The van der Waals surface area contributed by atoms with Crippen LogP contribution in [0.4, 0.5) is 24.5 Å². The summed E-state index contributed by atoms with van der Waals surface area (Å²) in [5, 5.41) is 11.1. The highest BCUT2D eigenvalue weighted by molar-refractivity contribution is 6.14. The first-order valence-corrected chi connectivity index (χ1v) is 11.3. The molecule has 12 heteroatoms. The van der Waals surface area contributed by atoms with Crippen LogP contribution in [0, 0.1) is 10.1 Å². The molecule has 0 radical (unpaired) electrons. The molecule has 0 N–H and O–H groups in total. The fourth-order valence-electron chi connectivity index (χ4n) is 5.92. The third kappa shape index (κ3) is 3.35. The van der Waals surface area contributed by atoms with Crippen LogP contribution in [0.25, 0.3) is 5.70 Å². The molecule has 2 aromatic rings. The SMILES string of the molecule is COC(=O)[C@@H]1CC23C(=NC(c4ccc([N+](=O)[O-])cc4)=C(C(F)(F)F)[C@@H]2N(C)c2ccccc23)N1C(C)=O. The van der Waals surface area contributed by atoms with Crippen LogP contribution >= 0.6 is 0 Å². The van der Waals surface area contributed by atoms with Crippen molar-refractivity contribution in [3.05, 3.63) is 75.3 Å². The number of likely N-dealkylation sites (N-methyl/N-ethyl adjacent to an activating group) is 1. The number of likely N-dealkylation sites (tertiary alicyclic amines) is 1. The predicted octanol–water partition coefficient (Wildman–Crippen LogP) is 3.83. The van der Waals surface area contributed by atoms with E-state index in [1.807, 2.05) is 0 Å². The number of non-ortho nitro benzene ring substituents is 1. The number of nitro groups is 1. The van der Waals surface area contributed by atoms with Crippen molar-refractivity contribution in [2.75, 3.05) is 19.1 Å². The van der Waals surface area contributed by atoms with E-state index in [1.54, 1.807) is 24.3 Å². The average Bonchev–Trinajstić information content (AvgIpc) is 3.34. The van der Waals surface area contributed by atoms with Crippen molar-refractivity contribution in [3.63, 3.8) is 0 Å². The Morgan fingerprint density at radius 3 is 2.38 bits per heavy atom. The molecule has 1 fully saturated rings. The summed E-state index contributed by atoms with van der Waals surface area (Å²) in [6.45, 7) is 1.21. The average molecular weight is 514 g/mol. The molecule has 1 amide bonds. The molecule has 192 valence electrons. The number of esters is 1. The summed E-state index contributed by atoms with van der Waals surface area (Å²) < 4.78 is 49.7. The topological polar surface area (TPSA) is 105 Å². The Morgan fingerprint density at radius 2 is 1.81 bits per heavy atom. The summed E-state index contributed by atoms with van der Waals surface area (Å²) in [4.78, 5) is 43.2. The van der Waals surface area contributed by atoms with Gasteiger partial charge in [0.05, 0.1) is 34.8 Å². The van der Waals surface area contributed by atoms with Crippen molar-refractivity contribution in [2.24, 2.45) is 4.99 Å². The highest BCUT2D eigenvalue weighted by atomic mass is 19.4. The van der Waals surface area contributed by atoms with E-state index < -0.39 is 51.7 Å². The molecule has 3 aliphatic heterocycles. The molecule has 1 unspecified atom stereocenters. The van der Waals surface area contributed by atoms with Crippen LogP contribution in [0.2, 0.25) is 0 Å². The molecular formula is C25H21F3N4O5. The van der Waals surface area contributed by atoms with Crippen LogP contribution in [-0.2, 0) is 19.7 Å². The van der Waals surface area contributed by atoms with Crippen LogP contribution < -0.4 is 4.90 Å². The Balaban J connectivity index is 1.86. The number of amidine groups is 1. The number of fused-ring (bicyclic) bond motifs is 1. The highest BCUT2D eigenvalue weighted by Gasteiger charge is 2.68. The second-order valence-electron chi connectivity index (χ2n) is 9.13. The van der Waals surface area contributed by atoms with Crippen LogP contribution in [0.3, 0.4) is 0 Å². The molecule has 37 heavy (non-hydrogen) atoms. The number of hydrogen-bond acceptors (Lipinski definition) is 7. The third-order valence-electron chi connectivity index (χ3n) is 7.29. The quantitative estimate of drug-likeness (QED) is 0.350. The maximum absolute atomic E-state index is 14.9. The van der Waals surface area contributed by atoms with E-state index in [4.69, 9.17) is 4.74 Å². The zero-order valence-corrected chi connectivity index (χ0v) is 19.9. The van der Waals surface area contributed by atoms with E-state index >= 15 is 0 Å². The molecular weight excluding hydrogens is 493 g/mol. The van der Waals surface area contributed by atoms with E-state index in [0.29, 0.717) is 11.3 Å². The number of amides is 1. The number of anilines is 1. The van der Waals surface area contributed by atoms with Crippen molar-refractivity contribution in [1.29, 1.82) is 0 Å². The molecule has 2 aromatic carbocycles. The lowest BCUT2D eigenvalue weighted by atomic mass is 9.69. The van der Waals surface area contributed by atoms with Crippen molar-refractivity contribution in [3.8, 4) is 0 Å². The summed E-state index contributed by atoms with van der Waals surface area (Å²) >= 11 is 0. The van der Waals surface area contributed by atoms with Gasteiger partial charge in [-0.15, -0.1) is 0 Å². The Bertz CT molecular complexity index is 1400. The fourth-order valence-corrected chi connectivity index (χ4v) is 5.92. The van der Waals surface area contributed by atoms with Crippen LogP contribution in [-0.4, -0.2) is 60.0 Å². The molecule has 1 saturated heterocycles. The predicted molar refractivity (Wildman–Crippen MR) is 127 cm³/mol. The molecule has 0 saturated carbocycles. The number of methoxy groups -OCH3 is 1. The van der Waals surface area contributed by atoms with Gasteiger partial charge in [-0.2, -0.15) is 13.2 Å². The minimum Gasteiger partial charge on any atom is -0.467 e. The Labute approximate surface area is 209 Å². The number of ether oxygens (including phenoxy) is 1. The fraction of sp³-hybridized carbons (Fsp3) is 0.320. The first-order chi connectivity index (χ1) is 17.4. The number of benzene rings is 2. The van der Waals surface area contributed by atoms with E-state index in [0.717, 1.165) is 24.1 Å². The van der Waals surface area contributed by atoms with Gasteiger partial charge in [-0.3, -0.25) is 19.8 Å². The van der Waals surface area contributed by atoms with Crippen LogP contribution in [0.15, 0.2) is 59.1 Å². The number of carbonyl (C=O) groups excluding carboxylic acids is 2. The van der Waals surface area contributed by atoms with Gasteiger partial charge in [0, 0.05) is 37.4 Å². The molecule has 9 nitrogen and oxygen atoms in total. The second kappa shape index (κ2) is 8.15. The van der Waals surface area contributed by atoms with Crippen LogP contribution in [0.5, 0.6) is 0 Å².